The molecule has 94 valence electrons. The summed E-state index contributed by atoms with van der Waals surface area (Å²) in [7, 11) is 0. The van der Waals surface area contributed by atoms with Crippen LogP contribution in [0.5, 0.6) is 0 Å². The molecule has 18 heavy (non-hydrogen) atoms. The highest BCUT2D eigenvalue weighted by atomic mass is 16.1. The van der Waals surface area contributed by atoms with Crippen LogP contribution in [-0.4, -0.2) is 10.5 Å². The van der Waals surface area contributed by atoms with Gasteiger partial charge in [-0.15, -0.1) is 0 Å². The SMILES string of the molecule is Cc1ccccc1NC(=O)Cn1cccc1CN. The fraction of sp³-hybridized carbons (Fsp3) is 0.214. The third kappa shape index (κ3) is 2.78. The number of amides is 1. The van der Waals surface area contributed by atoms with Gasteiger partial charge in [0.25, 0.3) is 0 Å². The Hall–Kier alpha value is -2.07. The summed E-state index contributed by atoms with van der Waals surface area (Å²) in [5.74, 6) is -0.0461. The zero-order chi connectivity index (χ0) is 13.0. The summed E-state index contributed by atoms with van der Waals surface area (Å²) in [6.45, 7) is 2.69. The van der Waals surface area contributed by atoms with Crippen molar-refractivity contribution in [3.63, 3.8) is 0 Å². The van der Waals surface area contributed by atoms with Crippen LogP contribution in [0.4, 0.5) is 5.69 Å². The molecule has 4 heteroatoms. The maximum Gasteiger partial charge on any atom is 0.244 e. The third-order valence-electron chi connectivity index (χ3n) is 2.87. The number of carbonyl (C=O) groups is 1. The maximum atomic E-state index is 11.9. The van der Waals surface area contributed by atoms with Gasteiger partial charge in [-0.3, -0.25) is 4.79 Å². The monoisotopic (exact) mass is 243 g/mol. The van der Waals surface area contributed by atoms with E-state index in [1.165, 1.54) is 0 Å². The Balaban J connectivity index is 2.04. The molecule has 0 saturated carbocycles. The van der Waals surface area contributed by atoms with E-state index >= 15 is 0 Å². The Kier molecular flexibility index (Phi) is 3.79. The fourth-order valence-electron chi connectivity index (χ4n) is 1.85. The number of nitrogens with zero attached hydrogens (tertiary/aromatic N) is 1. The predicted molar refractivity (Wildman–Crippen MR) is 72.1 cm³/mol. The molecule has 1 aromatic carbocycles. The van der Waals surface area contributed by atoms with Gasteiger partial charge in [0, 0.05) is 24.1 Å². The van der Waals surface area contributed by atoms with Gasteiger partial charge in [-0.1, -0.05) is 18.2 Å². The van der Waals surface area contributed by atoms with Gasteiger partial charge >= 0.3 is 0 Å². The Bertz CT molecular complexity index is 545. The molecule has 0 spiro atoms. The minimum Gasteiger partial charge on any atom is -0.341 e. The Morgan fingerprint density at radius 1 is 1.28 bits per heavy atom. The van der Waals surface area contributed by atoms with Crippen LogP contribution in [0.3, 0.4) is 0 Å². The summed E-state index contributed by atoms with van der Waals surface area (Å²) in [4.78, 5) is 11.9. The van der Waals surface area contributed by atoms with Crippen molar-refractivity contribution in [2.75, 3.05) is 5.32 Å². The maximum absolute atomic E-state index is 11.9. The second-order valence-electron chi connectivity index (χ2n) is 4.19. The van der Waals surface area contributed by atoms with Crippen molar-refractivity contribution in [2.24, 2.45) is 5.73 Å². The van der Waals surface area contributed by atoms with E-state index in [0.717, 1.165) is 16.9 Å². The van der Waals surface area contributed by atoms with Crippen molar-refractivity contribution in [1.82, 2.24) is 4.57 Å². The van der Waals surface area contributed by atoms with E-state index in [9.17, 15) is 4.79 Å². The van der Waals surface area contributed by atoms with Crippen molar-refractivity contribution in [3.05, 3.63) is 53.9 Å². The quantitative estimate of drug-likeness (QED) is 0.861. The molecule has 0 aliphatic carbocycles. The first kappa shape index (κ1) is 12.4. The van der Waals surface area contributed by atoms with Crippen LogP contribution in [0.1, 0.15) is 11.3 Å². The highest BCUT2D eigenvalue weighted by Gasteiger charge is 2.06. The Morgan fingerprint density at radius 3 is 2.78 bits per heavy atom. The summed E-state index contributed by atoms with van der Waals surface area (Å²) in [5.41, 5.74) is 8.45. The number of anilines is 1. The molecule has 1 amide bonds. The summed E-state index contributed by atoms with van der Waals surface area (Å²) >= 11 is 0. The minimum atomic E-state index is -0.0461. The second kappa shape index (κ2) is 5.51. The lowest BCUT2D eigenvalue weighted by atomic mass is 10.2. The van der Waals surface area contributed by atoms with Crippen molar-refractivity contribution in [1.29, 1.82) is 0 Å². The number of aryl methyl sites for hydroxylation is 1. The highest BCUT2D eigenvalue weighted by molar-refractivity contribution is 5.91. The minimum absolute atomic E-state index is 0.0461. The number of hydrogen-bond acceptors (Lipinski definition) is 2. The van der Waals surface area contributed by atoms with Crippen molar-refractivity contribution >= 4 is 11.6 Å². The van der Waals surface area contributed by atoms with Crippen molar-refractivity contribution in [3.8, 4) is 0 Å². The number of nitrogens with one attached hydrogen (secondary N) is 1. The smallest absolute Gasteiger partial charge is 0.244 e. The van der Waals surface area contributed by atoms with Gasteiger partial charge in [-0.25, -0.2) is 0 Å². The molecule has 3 N–H and O–H groups in total. The second-order valence-corrected chi connectivity index (χ2v) is 4.19. The summed E-state index contributed by atoms with van der Waals surface area (Å²) in [5, 5.41) is 2.90. The van der Waals surface area contributed by atoms with Crippen LogP contribution >= 0.6 is 0 Å². The molecule has 0 aliphatic heterocycles. The summed E-state index contributed by atoms with van der Waals surface area (Å²) in [6, 6.07) is 11.5. The van der Waals surface area contributed by atoms with E-state index < -0.39 is 0 Å². The van der Waals surface area contributed by atoms with Gasteiger partial charge in [-0.05, 0) is 30.7 Å². The molecule has 1 aromatic heterocycles. The largest absolute Gasteiger partial charge is 0.341 e. The number of para-hydroxylation sites is 1. The van der Waals surface area contributed by atoms with Crippen LogP contribution in [0, 0.1) is 6.92 Å². The molecule has 4 nitrogen and oxygen atoms in total. The van der Waals surface area contributed by atoms with E-state index in [1.54, 1.807) is 0 Å². The first-order valence-electron chi connectivity index (χ1n) is 5.90. The summed E-state index contributed by atoms with van der Waals surface area (Å²) in [6.07, 6.45) is 1.86. The molecule has 2 rings (SSSR count). The van der Waals surface area contributed by atoms with Gasteiger partial charge in [-0.2, -0.15) is 0 Å². The first-order valence-corrected chi connectivity index (χ1v) is 5.90. The normalized spacial score (nSPS) is 10.3. The van der Waals surface area contributed by atoms with E-state index in [0.29, 0.717) is 6.54 Å². The number of carbonyl (C=O) groups excluding carboxylic acids is 1. The van der Waals surface area contributed by atoms with Crippen molar-refractivity contribution in [2.45, 2.75) is 20.0 Å². The van der Waals surface area contributed by atoms with E-state index in [4.69, 9.17) is 5.73 Å². The van der Waals surface area contributed by atoms with Crippen LogP contribution in [0.2, 0.25) is 0 Å². The number of hydrogen-bond donors (Lipinski definition) is 2. The van der Waals surface area contributed by atoms with E-state index in [1.807, 2.05) is 54.1 Å². The lowest BCUT2D eigenvalue weighted by Gasteiger charge is -2.10. The Labute approximate surface area is 106 Å². The number of benzene rings is 1. The molecular weight excluding hydrogens is 226 g/mol. The lowest BCUT2D eigenvalue weighted by Crippen LogP contribution is -2.20. The van der Waals surface area contributed by atoms with E-state index in [2.05, 4.69) is 5.32 Å². The van der Waals surface area contributed by atoms with Gasteiger partial charge < -0.3 is 15.6 Å². The third-order valence-corrected chi connectivity index (χ3v) is 2.87. The number of rotatable bonds is 4. The average molecular weight is 243 g/mol. The zero-order valence-corrected chi connectivity index (χ0v) is 10.4. The zero-order valence-electron chi connectivity index (χ0n) is 10.4. The molecule has 0 atom stereocenters. The molecule has 1 heterocycles. The average Bonchev–Trinajstić information content (AvgIpc) is 2.79. The van der Waals surface area contributed by atoms with Gasteiger partial charge in [0.15, 0.2) is 0 Å². The standard InChI is InChI=1S/C14H17N3O/c1-11-5-2-3-7-13(11)16-14(18)10-17-8-4-6-12(17)9-15/h2-8H,9-10,15H2,1H3,(H,16,18). The molecule has 0 bridgehead atoms. The molecule has 0 saturated heterocycles. The van der Waals surface area contributed by atoms with Crippen LogP contribution in [-0.2, 0) is 17.9 Å². The first-order chi connectivity index (χ1) is 8.70. The van der Waals surface area contributed by atoms with Crippen LogP contribution < -0.4 is 11.1 Å². The molecular formula is C14H17N3O. The molecule has 0 fully saturated rings. The molecule has 0 unspecified atom stereocenters. The highest BCUT2D eigenvalue weighted by Crippen LogP contribution is 2.13. The van der Waals surface area contributed by atoms with Gasteiger partial charge in [0.1, 0.15) is 6.54 Å². The molecule has 0 aliphatic rings. The van der Waals surface area contributed by atoms with Crippen LogP contribution in [0.15, 0.2) is 42.6 Å². The van der Waals surface area contributed by atoms with E-state index in [-0.39, 0.29) is 12.5 Å². The Morgan fingerprint density at radius 2 is 2.06 bits per heavy atom. The number of nitrogens with two attached hydrogens (primary N) is 1. The van der Waals surface area contributed by atoms with Crippen LogP contribution in [0.25, 0.3) is 0 Å². The number of aromatic nitrogens is 1. The topological polar surface area (TPSA) is 60.0 Å². The predicted octanol–water partition coefficient (Wildman–Crippen LogP) is 1.89. The lowest BCUT2D eigenvalue weighted by molar-refractivity contribution is -0.116. The van der Waals surface area contributed by atoms with Gasteiger partial charge in [0.2, 0.25) is 5.91 Å². The summed E-state index contributed by atoms with van der Waals surface area (Å²) < 4.78 is 1.85. The van der Waals surface area contributed by atoms with Crippen molar-refractivity contribution < 1.29 is 4.79 Å². The fourth-order valence-corrected chi connectivity index (χ4v) is 1.85. The van der Waals surface area contributed by atoms with Gasteiger partial charge in [0.05, 0.1) is 0 Å². The molecule has 2 aromatic rings. The molecule has 0 radical (unpaired) electrons.